The van der Waals surface area contributed by atoms with E-state index in [1.807, 2.05) is 28.8 Å². The van der Waals surface area contributed by atoms with Crippen LogP contribution in [0, 0.1) is 6.92 Å². The van der Waals surface area contributed by atoms with E-state index in [4.69, 9.17) is 4.98 Å². The summed E-state index contributed by atoms with van der Waals surface area (Å²) in [7, 11) is 0. The quantitative estimate of drug-likeness (QED) is 0.630. The van der Waals surface area contributed by atoms with Gasteiger partial charge in [0.25, 0.3) is 5.56 Å². The molecule has 1 aliphatic rings. The summed E-state index contributed by atoms with van der Waals surface area (Å²) in [5, 5.41) is 0.698. The molecule has 1 atom stereocenters. The summed E-state index contributed by atoms with van der Waals surface area (Å²) >= 11 is 0. The van der Waals surface area contributed by atoms with Crippen LogP contribution in [0.4, 0.5) is 0 Å². The number of aromatic nitrogens is 2. The van der Waals surface area contributed by atoms with E-state index in [0.717, 1.165) is 23.3 Å². The summed E-state index contributed by atoms with van der Waals surface area (Å²) < 4.78 is 1.85. The molecule has 1 aromatic heterocycles. The third-order valence-corrected chi connectivity index (χ3v) is 4.27. The van der Waals surface area contributed by atoms with Crippen LogP contribution in [0.1, 0.15) is 24.1 Å². The van der Waals surface area contributed by atoms with Gasteiger partial charge in [-0.2, -0.15) is 0 Å². The Morgan fingerprint density at radius 3 is 2.86 bits per heavy atom. The van der Waals surface area contributed by atoms with Gasteiger partial charge in [-0.25, -0.2) is 4.98 Å². The Morgan fingerprint density at radius 1 is 1.19 bits per heavy atom. The highest BCUT2D eigenvalue weighted by Gasteiger charge is 2.24. The zero-order valence-electron chi connectivity index (χ0n) is 12.1. The van der Waals surface area contributed by atoms with Crippen molar-refractivity contribution in [1.29, 1.82) is 0 Å². The summed E-state index contributed by atoms with van der Waals surface area (Å²) in [4.78, 5) is 17.5. The molecule has 1 aliphatic heterocycles. The Bertz CT molecular complexity index is 924. The fourth-order valence-electron chi connectivity index (χ4n) is 3.26. The molecule has 0 saturated heterocycles. The predicted molar refractivity (Wildman–Crippen MR) is 84.6 cm³/mol. The molecule has 0 saturated carbocycles. The first-order chi connectivity index (χ1) is 10.1. The van der Waals surface area contributed by atoms with Crippen LogP contribution in [0.3, 0.4) is 0 Å². The van der Waals surface area contributed by atoms with Crippen molar-refractivity contribution in [2.75, 3.05) is 0 Å². The fraction of sp³-hybridized carbons (Fsp3) is 0.222. The van der Waals surface area contributed by atoms with Crippen LogP contribution < -0.4 is 5.56 Å². The van der Waals surface area contributed by atoms with E-state index in [2.05, 4.69) is 32.0 Å². The fourth-order valence-corrected chi connectivity index (χ4v) is 3.26. The van der Waals surface area contributed by atoms with Crippen molar-refractivity contribution in [2.24, 2.45) is 0 Å². The molecule has 0 bridgehead atoms. The average Bonchev–Trinajstić information content (AvgIpc) is 2.47. The van der Waals surface area contributed by atoms with Gasteiger partial charge in [0.2, 0.25) is 0 Å². The molecule has 2 heterocycles. The van der Waals surface area contributed by atoms with Gasteiger partial charge >= 0.3 is 0 Å². The zero-order chi connectivity index (χ0) is 14.6. The van der Waals surface area contributed by atoms with Crippen molar-refractivity contribution < 1.29 is 0 Å². The van der Waals surface area contributed by atoms with Crippen molar-refractivity contribution in [3.05, 3.63) is 63.9 Å². The maximum absolute atomic E-state index is 12.8. The molecule has 3 heteroatoms. The molecule has 0 fully saturated rings. The van der Waals surface area contributed by atoms with Gasteiger partial charge in [-0.1, -0.05) is 35.9 Å². The minimum atomic E-state index is 0.0642. The van der Waals surface area contributed by atoms with Crippen LogP contribution in [-0.2, 0) is 6.42 Å². The minimum absolute atomic E-state index is 0.0642. The van der Waals surface area contributed by atoms with E-state index in [1.165, 1.54) is 11.1 Å². The molecule has 1 unspecified atom stereocenters. The molecule has 0 spiro atoms. The summed E-state index contributed by atoms with van der Waals surface area (Å²) in [5.74, 6) is 0.799. The van der Waals surface area contributed by atoms with Gasteiger partial charge in [-0.3, -0.25) is 9.36 Å². The van der Waals surface area contributed by atoms with Gasteiger partial charge < -0.3 is 0 Å². The Balaban J connectivity index is 2.14. The van der Waals surface area contributed by atoms with Crippen LogP contribution in [0.5, 0.6) is 0 Å². The maximum atomic E-state index is 12.8. The second-order valence-electron chi connectivity index (χ2n) is 5.84. The highest BCUT2D eigenvalue weighted by molar-refractivity contribution is 5.80. The lowest BCUT2D eigenvalue weighted by molar-refractivity contribution is 0.516. The lowest BCUT2D eigenvalue weighted by atomic mass is 9.94. The number of benzene rings is 2. The van der Waals surface area contributed by atoms with Crippen molar-refractivity contribution in [3.63, 3.8) is 0 Å². The Hall–Kier alpha value is -2.42. The van der Waals surface area contributed by atoms with E-state index in [9.17, 15) is 4.79 Å². The summed E-state index contributed by atoms with van der Waals surface area (Å²) in [6.07, 6.45) is 0.879. The van der Waals surface area contributed by atoms with Crippen molar-refractivity contribution >= 4 is 10.9 Å². The van der Waals surface area contributed by atoms with Crippen LogP contribution in [0.15, 0.2) is 47.3 Å². The number of hydrogen-bond donors (Lipinski definition) is 0. The van der Waals surface area contributed by atoms with Crippen molar-refractivity contribution in [1.82, 2.24) is 9.55 Å². The molecule has 3 aromatic rings. The van der Waals surface area contributed by atoms with E-state index in [-0.39, 0.29) is 11.6 Å². The van der Waals surface area contributed by atoms with E-state index in [0.29, 0.717) is 5.39 Å². The molecule has 21 heavy (non-hydrogen) atoms. The number of nitrogens with zero attached hydrogens (tertiary/aromatic N) is 2. The summed E-state index contributed by atoms with van der Waals surface area (Å²) in [5.41, 5.74) is 4.45. The normalized spacial score (nSPS) is 16.6. The highest BCUT2D eigenvalue weighted by Crippen LogP contribution is 2.33. The number of hydrogen-bond acceptors (Lipinski definition) is 2. The predicted octanol–water partition coefficient (Wildman–Crippen LogP) is 3.49. The first kappa shape index (κ1) is 12.3. The first-order valence-electron chi connectivity index (χ1n) is 7.26. The SMILES string of the molecule is Cc1ccc2c(c1)CC(C)n1c-2nc2ccccc2c1=O. The van der Waals surface area contributed by atoms with Gasteiger partial charge in [0.05, 0.1) is 10.9 Å². The van der Waals surface area contributed by atoms with E-state index >= 15 is 0 Å². The average molecular weight is 276 g/mol. The van der Waals surface area contributed by atoms with Crippen LogP contribution in [0.25, 0.3) is 22.3 Å². The Kier molecular flexibility index (Phi) is 2.52. The third kappa shape index (κ3) is 1.74. The topological polar surface area (TPSA) is 34.9 Å². The smallest absolute Gasteiger partial charge is 0.261 e. The summed E-state index contributed by atoms with van der Waals surface area (Å²) in [6.45, 7) is 4.19. The van der Waals surface area contributed by atoms with Gasteiger partial charge in [0.15, 0.2) is 0 Å². The van der Waals surface area contributed by atoms with Crippen LogP contribution >= 0.6 is 0 Å². The number of rotatable bonds is 0. The molecule has 4 rings (SSSR count). The van der Waals surface area contributed by atoms with Gasteiger partial charge in [-0.15, -0.1) is 0 Å². The summed E-state index contributed by atoms with van der Waals surface area (Å²) in [6, 6.07) is 14.1. The minimum Gasteiger partial charge on any atom is -0.289 e. The standard InChI is InChI=1S/C18H16N2O/c1-11-7-8-14-13(9-11)10-12(2)20-17(14)19-16-6-4-3-5-15(16)18(20)21/h3-9,12H,10H2,1-2H3. The molecule has 2 aromatic carbocycles. The van der Waals surface area contributed by atoms with E-state index in [1.54, 1.807) is 0 Å². The molecule has 104 valence electrons. The number of para-hydroxylation sites is 1. The van der Waals surface area contributed by atoms with Crippen molar-refractivity contribution in [2.45, 2.75) is 26.3 Å². The second-order valence-corrected chi connectivity index (χ2v) is 5.84. The Morgan fingerprint density at radius 2 is 2.00 bits per heavy atom. The lowest BCUT2D eigenvalue weighted by Gasteiger charge is -2.27. The molecule has 0 aliphatic carbocycles. The molecular weight excluding hydrogens is 260 g/mol. The largest absolute Gasteiger partial charge is 0.289 e. The molecule has 0 amide bonds. The number of aryl methyl sites for hydroxylation is 1. The molecule has 3 nitrogen and oxygen atoms in total. The van der Waals surface area contributed by atoms with Gasteiger partial charge in [-0.05, 0) is 38.0 Å². The Labute approximate surface area is 122 Å². The van der Waals surface area contributed by atoms with Crippen LogP contribution in [-0.4, -0.2) is 9.55 Å². The van der Waals surface area contributed by atoms with E-state index < -0.39 is 0 Å². The van der Waals surface area contributed by atoms with Crippen LogP contribution in [0.2, 0.25) is 0 Å². The first-order valence-corrected chi connectivity index (χ1v) is 7.26. The highest BCUT2D eigenvalue weighted by atomic mass is 16.1. The van der Waals surface area contributed by atoms with Gasteiger partial charge in [0, 0.05) is 11.6 Å². The molecule has 0 radical (unpaired) electrons. The lowest BCUT2D eigenvalue weighted by Crippen LogP contribution is -2.30. The van der Waals surface area contributed by atoms with Gasteiger partial charge in [0.1, 0.15) is 5.82 Å². The monoisotopic (exact) mass is 276 g/mol. The van der Waals surface area contributed by atoms with Crippen molar-refractivity contribution in [3.8, 4) is 11.4 Å². The molecule has 0 N–H and O–H groups in total. The molecular formula is C18H16N2O. The maximum Gasteiger partial charge on any atom is 0.261 e. The second kappa shape index (κ2) is 4.29. The number of fused-ring (bicyclic) bond motifs is 4. The third-order valence-electron chi connectivity index (χ3n) is 4.27. The zero-order valence-corrected chi connectivity index (χ0v) is 12.1.